The summed E-state index contributed by atoms with van der Waals surface area (Å²) in [6.07, 6.45) is 3.65. The molecule has 120 valence electrons. The predicted molar refractivity (Wildman–Crippen MR) is 76.3 cm³/mol. The summed E-state index contributed by atoms with van der Waals surface area (Å²) in [5.41, 5.74) is -1.67. The van der Waals surface area contributed by atoms with E-state index in [-0.39, 0.29) is 30.3 Å². The highest BCUT2D eigenvalue weighted by atomic mass is 19.1. The fourth-order valence-corrected chi connectivity index (χ4v) is 3.29. The van der Waals surface area contributed by atoms with Crippen LogP contribution in [0.2, 0.25) is 0 Å². The normalized spacial score (nSPS) is 36.5. The molecule has 0 radical (unpaired) electrons. The predicted octanol–water partition coefficient (Wildman–Crippen LogP) is 2.13. The summed E-state index contributed by atoms with van der Waals surface area (Å²) in [6, 6.07) is 0. The number of fused-ring (bicyclic) bond motifs is 1. The number of hydrogen-bond acceptors (Lipinski definition) is 4. The summed E-state index contributed by atoms with van der Waals surface area (Å²) < 4.78 is 19.5. The average molecular weight is 300 g/mol. The number of alkyl halides is 1. The molecule has 5 heteroatoms. The van der Waals surface area contributed by atoms with Crippen molar-refractivity contribution in [3.8, 4) is 0 Å². The quantitative estimate of drug-likeness (QED) is 0.582. The zero-order valence-corrected chi connectivity index (χ0v) is 12.7. The first kappa shape index (κ1) is 16.4. The molecule has 4 nitrogen and oxygen atoms in total. The van der Waals surface area contributed by atoms with Gasteiger partial charge in [-0.25, -0.2) is 4.39 Å². The van der Waals surface area contributed by atoms with Gasteiger partial charge in [0.1, 0.15) is 17.9 Å². The Balaban J connectivity index is 1.98. The zero-order valence-electron chi connectivity index (χ0n) is 12.7. The number of carbonyl (C=O) groups excluding carboxylic acids is 1. The topological polar surface area (TPSA) is 66.8 Å². The van der Waals surface area contributed by atoms with Crippen molar-refractivity contribution in [2.75, 3.05) is 0 Å². The molecule has 0 aromatic heterocycles. The van der Waals surface area contributed by atoms with Gasteiger partial charge in [-0.1, -0.05) is 31.9 Å². The highest BCUT2D eigenvalue weighted by Crippen LogP contribution is 2.42. The molecule has 1 aliphatic carbocycles. The smallest absolute Gasteiger partial charge is 0.306 e. The Kier molecular flexibility index (Phi) is 5.04. The Morgan fingerprint density at radius 1 is 1.57 bits per heavy atom. The van der Waals surface area contributed by atoms with E-state index in [1.54, 1.807) is 6.08 Å². The molecule has 2 N–H and O–H groups in total. The van der Waals surface area contributed by atoms with Crippen LogP contribution in [0.3, 0.4) is 0 Å². The van der Waals surface area contributed by atoms with Crippen molar-refractivity contribution in [1.29, 1.82) is 0 Å². The number of halogens is 1. The molecule has 1 aliphatic heterocycles. The molecule has 1 heterocycles. The molecule has 2 rings (SSSR count). The molecule has 1 unspecified atom stereocenters. The molecule has 2 aliphatic rings. The maximum absolute atomic E-state index is 14.3. The van der Waals surface area contributed by atoms with E-state index in [0.717, 1.165) is 12.8 Å². The number of rotatable bonds is 6. The second kappa shape index (κ2) is 6.44. The van der Waals surface area contributed by atoms with Gasteiger partial charge in [0.2, 0.25) is 0 Å². The van der Waals surface area contributed by atoms with E-state index in [2.05, 4.69) is 0 Å². The summed E-state index contributed by atoms with van der Waals surface area (Å²) >= 11 is 0. The highest BCUT2D eigenvalue weighted by molar-refractivity contribution is 5.72. The molecule has 1 saturated carbocycles. The first-order chi connectivity index (χ1) is 9.85. The van der Waals surface area contributed by atoms with Gasteiger partial charge in [-0.05, 0) is 13.3 Å². The standard InChI is InChI=1S/C16H25FO4/c1-3-4-7-16(2,17)14(19)6-5-10-11-8-15(20)21-13(11)9-12(10)18/h5-6,10-14,18-19H,3-4,7-9H2,1-2H3/b6-5+/t10-,11-,12-,13+,14+,16?/m0/s1. The largest absolute Gasteiger partial charge is 0.462 e. The minimum Gasteiger partial charge on any atom is -0.462 e. The lowest BCUT2D eigenvalue weighted by Gasteiger charge is -2.25. The monoisotopic (exact) mass is 300 g/mol. The second-order valence-electron chi connectivity index (χ2n) is 6.49. The molecule has 0 amide bonds. The van der Waals surface area contributed by atoms with Crippen molar-refractivity contribution < 1.29 is 24.1 Å². The molecular formula is C16H25FO4. The zero-order chi connectivity index (χ0) is 15.6. The van der Waals surface area contributed by atoms with E-state index in [1.807, 2.05) is 6.92 Å². The van der Waals surface area contributed by atoms with Crippen LogP contribution in [0.4, 0.5) is 4.39 Å². The van der Waals surface area contributed by atoms with Crippen LogP contribution >= 0.6 is 0 Å². The Labute approximate surface area is 125 Å². The number of carbonyl (C=O) groups is 1. The third-order valence-corrected chi connectivity index (χ3v) is 4.73. The van der Waals surface area contributed by atoms with Crippen LogP contribution in [0, 0.1) is 11.8 Å². The van der Waals surface area contributed by atoms with Gasteiger partial charge in [0, 0.05) is 18.3 Å². The third-order valence-electron chi connectivity index (χ3n) is 4.73. The van der Waals surface area contributed by atoms with Crippen LogP contribution in [0.5, 0.6) is 0 Å². The van der Waals surface area contributed by atoms with Crippen molar-refractivity contribution in [2.45, 2.75) is 69.9 Å². The van der Waals surface area contributed by atoms with Gasteiger partial charge in [-0.15, -0.1) is 0 Å². The van der Waals surface area contributed by atoms with E-state index in [0.29, 0.717) is 12.8 Å². The minimum absolute atomic E-state index is 0.0579. The second-order valence-corrected chi connectivity index (χ2v) is 6.49. The Morgan fingerprint density at radius 3 is 2.95 bits per heavy atom. The molecule has 6 atom stereocenters. The maximum Gasteiger partial charge on any atom is 0.306 e. The van der Waals surface area contributed by atoms with Crippen molar-refractivity contribution in [2.24, 2.45) is 11.8 Å². The van der Waals surface area contributed by atoms with Crippen LogP contribution in [-0.4, -0.2) is 40.2 Å². The Bertz CT molecular complexity index is 407. The third kappa shape index (κ3) is 3.64. The van der Waals surface area contributed by atoms with Gasteiger partial charge in [-0.3, -0.25) is 4.79 Å². The van der Waals surface area contributed by atoms with Crippen LogP contribution in [0.15, 0.2) is 12.2 Å². The van der Waals surface area contributed by atoms with Crippen molar-refractivity contribution in [3.05, 3.63) is 12.2 Å². The lowest BCUT2D eigenvalue weighted by molar-refractivity contribution is -0.141. The summed E-state index contributed by atoms with van der Waals surface area (Å²) in [4.78, 5) is 11.3. The van der Waals surface area contributed by atoms with Crippen LogP contribution in [0.25, 0.3) is 0 Å². The molecule has 0 aromatic rings. The van der Waals surface area contributed by atoms with Gasteiger partial charge in [0.15, 0.2) is 0 Å². The average Bonchev–Trinajstić information content (AvgIpc) is 2.89. The molecule has 2 fully saturated rings. The fraction of sp³-hybridized carbons (Fsp3) is 0.812. The molecule has 21 heavy (non-hydrogen) atoms. The van der Waals surface area contributed by atoms with E-state index in [9.17, 15) is 19.4 Å². The van der Waals surface area contributed by atoms with Crippen molar-refractivity contribution in [1.82, 2.24) is 0 Å². The van der Waals surface area contributed by atoms with Crippen molar-refractivity contribution in [3.63, 3.8) is 0 Å². The number of hydrogen-bond donors (Lipinski definition) is 2. The number of aliphatic hydroxyl groups excluding tert-OH is 2. The van der Waals surface area contributed by atoms with Gasteiger partial charge in [-0.2, -0.15) is 0 Å². The Hall–Kier alpha value is -0.940. The lowest BCUT2D eigenvalue weighted by Crippen LogP contribution is -2.33. The molecule has 0 aromatic carbocycles. The summed E-state index contributed by atoms with van der Waals surface area (Å²) in [5.74, 6) is -0.551. The van der Waals surface area contributed by atoms with Crippen LogP contribution in [-0.2, 0) is 9.53 Å². The summed E-state index contributed by atoms with van der Waals surface area (Å²) in [7, 11) is 0. The van der Waals surface area contributed by atoms with E-state index in [1.165, 1.54) is 13.0 Å². The maximum atomic E-state index is 14.3. The van der Waals surface area contributed by atoms with Gasteiger partial charge in [0.05, 0.1) is 12.5 Å². The number of ether oxygens (including phenoxy) is 1. The SMILES string of the molecule is CCCCC(C)(F)[C@H](O)/C=C/[C@H]1[C@@H]2CC(=O)O[C@@H]2C[C@@H]1O. The molecule has 0 spiro atoms. The Morgan fingerprint density at radius 2 is 2.29 bits per heavy atom. The van der Waals surface area contributed by atoms with E-state index < -0.39 is 17.9 Å². The summed E-state index contributed by atoms with van der Waals surface area (Å²) in [6.45, 7) is 3.37. The minimum atomic E-state index is -1.67. The number of aliphatic hydroxyl groups is 2. The first-order valence-electron chi connectivity index (χ1n) is 7.78. The number of unbranched alkanes of at least 4 members (excludes halogenated alkanes) is 1. The first-order valence-corrected chi connectivity index (χ1v) is 7.78. The van der Waals surface area contributed by atoms with Crippen LogP contribution in [0.1, 0.15) is 46.0 Å². The van der Waals surface area contributed by atoms with E-state index in [4.69, 9.17) is 4.74 Å². The highest BCUT2D eigenvalue weighted by Gasteiger charge is 2.48. The molecular weight excluding hydrogens is 275 g/mol. The van der Waals surface area contributed by atoms with Gasteiger partial charge in [0.25, 0.3) is 0 Å². The van der Waals surface area contributed by atoms with Crippen LogP contribution < -0.4 is 0 Å². The molecule has 0 bridgehead atoms. The fourth-order valence-electron chi connectivity index (χ4n) is 3.29. The van der Waals surface area contributed by atoms with E-state index >= 15 is 0 Å². The van der Waals surface area contributed by atoms with Crippen molar-refractivity contribution >= 4 is 5.97 Å². The molecule has 1 saturated heterocycles. The number of esters is 1. The van der Waals surface area contributed by atoms with Gasteiger partial charge < -0.3 is 14.9 Å². The summed E-state index contributed by atoms with van der Waals surface area (Å²) in [5, 5.41) is 20.0. The van der Waals surface area contributed by atoms with Gasteiger partial charge >= 0.3 is 5.97 Å². The lowest BCUT2D eigenvalue weighted by atomic mass is 9.89.